The van der Waals surface area contributed by atoms with Crippen molar-refractivity contribution in [2.45, 2.75) is 18.9 Å². The lowest BCUT2D eigenvalue weighted by molar-refractivity contribution is -0.841. The van der Waals surface area contributed by atoms with Crippen molar-refractivity contribution >= 4 is 33.3 Å². The molecule has 2 aliphatic heterocycles. The number of alkyl halides is 1. The number of nitrogens with zero attached hydrogens (tertiary/aromatic N) is 1. The van der Waals surface area contributed by atoms with Gasteiger partial charge in [0.2, 0.25) is 0 Å². The van der Waals surface area contributed by atoms with Gasteiger partial charge in [-0.25, -0.2) is 0 Å². The number of hydrogen-bond donors (Lipinski definition) is 1. The normalized spacial score (nSPS) is 32.8. The molecule has 0 bridgehead atoms. The Kier molecular flexibility index (Phi) is 2.40. The van der Waals surface area contributed by atoms with E-state index in [1.54, 1.807) is 0 Å². The Morgan fingerprint density at radius 2 is 2.17 bits per heavy atom. The number of quaternary nitrogens is 1. The van der Waals surface area contributed by atoms with E-state index in [1.165, 1.54) is 25.9 Å². The van der Waals surface area contributed by atoms with Crippen molar-refractivity contribution in [1.82, 2.24) is 5.32 Å². The fourth-order valence-corrected chi connectivity index (χ4v) is 3.56. The maximum Gasteiger partial charge on any atom is 0.270 e. The molecule has 2 saturated heterocycles. The van der Waals surface area contributed by atoms with Crippen LogP contribution in [0.25, 0.3) is 0 Å². The Morgan fingerprint density at radius 3 is 2.75 bits per heavy atom. The molecule has 68 valence electrons. The zero-order valence-electron chi connectivity index (χ0n) is 7.05. The average Bonchev–Trinajstić information content (AvgIpc) is 2.65. The third-order valence-electron chi connectivity index (χ3n) is 3.13. The molecule has 1 N–H and O–H groups in total. The second-order valence-electron chi connectivity index (χ2n) is 3.68. The monoisotopic (exact) mass is 249 g/mol. The van der Waals surface area contributed by atoms with Crippen LogP contribution in [0.1, 0.15) is 12.8 Å². The molecule has 0 radical (unpaired) electrons. The van der Waals surface area contributed by atoms with E-state index >= 15 is 0 Å². The minimum atomic E-state index is 0.681. The van der Waals surface area contributed by atoms with Gasteiger partial charge in [0.1, 0.15) is 6.04 Å². The van der Waals surface area contributed by atoms with Gasteiger partial charge in [0, 0.05) is 25.1 Å². The van der Waals surface area contributed by atoms with Crippen molar-refractivity contribution in [2.24, 2.45) is 0 Å². The summed E-state index contributed by atoms with van der Waals surface area (Å²) >= 11 is 8.95. The van der Waals surface area contributed by atoms with Gasteiger partial charge in [-0.3, -0.25) is 4.48 Å². The molecule has 1 unspecified atom stereocenters. The molecule has 0 aromatic rings. The number of halogens is 1. The first-order valence-corrected chi connectivity index (χ1v) is 6.04. The Morgan fingerprint density at radius 1 is 1.50 bits per heavy atom. The lowest BCUT2D eigenvalue weighted by Gasteiger charge is -2.32. The molecule has 1 spiro atoms. The molecule has 2 rings (SSSR count). The summed E-state index contributed by atoms with van der Waals surface area (Å²) in [4.78, 5) is 0. The maximum atomic E-state index is 5.37. The van der Waals surface area contributed by atoms with Gasteiger partial charge in [0.05, 0.1) is 25.0 Å². The first-order chi connectivity index (χ1) is 5.79. The van der Waals surface area contributed by atoms with Crippen LogP contribution in [0.15, 0.2) is 0 Å². The van der Waals surface area contributed by atoms with Gasteiger partial charge in [-0.15, -0.1) is 0 Å². The summed E-state index contributed by atoms with van der Waals surface area (Å²) in [6.07, 6.45) is 2.68. The van der Waals surface area contributed by atoms with Gasteiger partial charge >= 0.3 is 0 Å². The fourth-order valence-electron chi connectivity index (χ4n) is 2.36. The van der Waals surface area contributed by atoms with Crippen LogP contribution in [0.4, 0.5) is 0 Å². The molecule has 4 heteroatoms. The van der Waals surface area contributed by atoms with Crippen LogP contribution < -0.4 is 5.32 Å². The summed E-state index contributed by atoms with van der Waals surface area (Å²) in [5, 5.41) is 5.48. The van der Waals surface area contributed by atoms with E-state index in [4.69, 9.17) is 12.2 Å². The summed E-state index contributed by atoms with van der Waals surface area (Å²) in [6, 6.07) is 0.681. The van der Waals surface area contributed by atoms with Crippen LogP contribution in [0.5, 0.6) is 0 Å². The quantitative estimate of drug-likeness (QED) is 0.427. The number of thiocarbonyl (C=S) groups is 1. The van der Waals surface area contributed by atoms with Crippen molar-refractivity contribution in [3.05, 3.63) is 0 Å². The first-order valence-electron chi connectivity index (χ1n) is 4.51. The molecule has 0 amide bonds. The van der Waals surface area contributed by atoms with Crippen LogP contribution in [0.2, 0.25) is 0 Å². The molecule has 0 saturated carbocycles. The van der Waals surface area contributed by atoms with E-state index < -0.39 is 0 Å². The summed E-state index contributed by atoms with van der Waals surface area (Å²) in [5.74, 6) is 0. The highest BCUT2D eigenvalue weighted by Gasteiger charge is 2.48. The average molecular weight is 250 g/mol. The molecule has 2 nitrogen and oxygen atoms in total. The third kappa shape index (κ3) is 1.12. The molecule has 12 heavy (non-hydrogen) atoms. The predicted octanol–water partition coefficient (Wildman–Crippen LogP) is 1.25. The van der Waals surface area contributed by atoms with Gasteiger partial charge in [-0.2, -0.15) is 0 Å². The van der Waals surface area contributed by atoms with Crippen LogP contribution in [-0.2, 0) is 0 Å². The second-order valence-corrected chi connectivity index (χ2v) is 4.72. The minimum absolute atomic E-state index is 0.681. The van der Waals surface area contributed by atoms with E-state index in [2.05, 4.69) is 21.2 Å². The van der Waals surface area contributed by atoms with E-state index in [-0.39, 0.29) is 0 Å². The van der Waals surface area contributed by atoms with Gasteiger partial charge in [-0.1, -0.05) is 15.9 Å². The number of rotatable bonds is 1. The summed E-state index contributed by atoms with van der Waals surface area (Å²) in [5.41, 5.74) is 0. The van der Waals surface area contributed by atoms with E-state index in [0.29, 0.717) is 6.04 Å². The number of nitrogens with one attached hydrogen (secondary N) is 1. The summed E-state index contributed by atoms with van der Waals surface area (Å²) in [6.45, 7) is 3.56. The Hall–Kier alpha value is 0.330. The first kappa shape index (κ1) is 8.91. The van der Waals surface area contributed by atoms with E-state index in [1.807, 2.05) is 0 Å². The molecule has 2 fully saturated rings. The van der Waals surface area contributed by atoms with Gasteiger partial charge < -0.3 is 5.32 Å². The van der Waals surface area contributed by atoms with Gasteiger partial charge in [0.15, 0.2) is 0 Å². The molecule has 1 atom stereocenters. The van der Waals surface area contributed by atoms with Crippen molar-refractivity contribution in [3.8, 4) is 0 Å². The zero-order chi connectivity index (χ0) is 8.60. The zero-order valence-corrected chi connectivity index (χ0v) is 9.46. The molecule has 0 aliphatic carbocycles. The van der Waals surface area contributed by atoms with Crippen LogP contribution in [0, 0.1) is 0 Å². The lowest BCUT2D eigenvalue weighted by Crippen LogP contribution is -2.53. The smallest absolute Gasteiger partial charge is 0.270 e. The molecule has 0 aromatic carbocycles. The van der Waals surface area contributed by atoms with E-state index in [0.717, 1.165) is 21.5 Å². The van der Waals surface area contributed by atoms with Gasteiger partial charge in [-0.05, 0) is 0 Å². The SMILES string of the molecule is S=C1NCC(CBr)[N+]12CCCC2. The van der Waals surface area contributed by atoms with Crippen molar-refractivity contribution in [1.29, 1.82) is 0 Å². The second kappa shape index (κ2) is 3.24. The predicted molar refractivity (Wildman–Crippen MR) is 57.4 cm³/mol. The van der Waals surface area contributed by atoms with Crippen LogP contribution in [0.3, 0.4) is 0 Å². The fraction of sp³-hybridized carbons (Fsp3) is 0.875. The molecule has 0 aromatic heterocycles. The van der Waals surface area contributed by atoms with Crippen molar-refractivity contribution in [3.63, 3.8) is 0 Å². The maximum absolute atomic E-state index is 5.37. The van der Waals surface area contributed by atoms with Gasteiger partial charge in [0.25, 0.3) is 5.11 Å². The van der Waals surface area contributed by atoms with Crippen molar-refractivity contribution in [2.75, 3.05) is 25.0 Å². The Bertz CT molecular complexity index is 201. The molecule has 2 heterocycles. The molecule has 2 aliphatic rings. The molecular formula is C8H14BrN2S+. The Balaban J connectivity index is 2.23. The number of hydrogen-bond acceptors (Lipinski definition) is 1. The standard InChI is InChI=1S/C8H13BrN2S/c9-5-7-6-10-8(12)11(7)3-1-2-4-11/h7H,1-6H2/p+1. The highest BCUT2D eigenvalue weighted by molar-refractivity contribution is 9.09. The Labute approximate surface area is 87.0 Å². The van der Waals surface area contributed by atoms with E-state index in [9.17, 15) is 0 Å². The highest BCUT2D eigenvalue weighted by Crippen LogP contribution is 2.28. The largest absolute Gasteiger partial charge is 0.325 e. The summed E-state index contributed by atoms with van der Waals surface area (Å²) < 4.78 is 1.07. The minimum Gasteiger partial charge on any atom is -0.325 e. The van der Waals surface area contributed by atoms with Crippen molar-refractivity contribution < 1.29 is 4.48 Å². The van der Waals surface area contributed by atoms with Crippen LogP contribution >= 0.6 is 28.1 Å². The highest BCUT2D eigenvalue weighted by atomic mass is 79.9. The van der Waals surface area contributed by atoms with Crippen LogP contribution in [-0.4, -0.2) is 40.6 Å². The molecular weight excluding hydrogens is 236 g/mol. The summed E-state index contributed by atoms with van der Waals surface area (Å²) in [7, 11) is 0. The third-order valence-corrected chi connectivity index (χ3v) is 4.39. The lowest BCUT2D eigenvalue weighted by atomic mass is 10.3. The topological polar surface area (TPSA) is 12.0 Å².